The molecule has 0 radical (unpaired) electrons. The normalized spacial score (nSPS) is 18.3. The molecule has 0 atom stereocenters. The molecule has 1 aromatic heterocycles. The summed E-state index contributed by atoms with van der Waals surface area (Å²) in [5.74, 6) is -0.587. The van der Waals surface area contributed by atoms with Gasteiger partial charge in [0.15, 0.2) is 0 Å². The summed E-state index contributed by atoms with van der Waals surface area (Å²) in [7, 11) is 0. The van der Waals surface area contributed by atoms with E-state index in [0.717, 1.165) is 22.9 Å². The van der Waals surface area contributed by atoms with Crippen LogP contribution in [0.25, 0.3) is 6.08 Å². The Morgan fingerprint density at radius 1 is 1.12 bits per heavy atom. The van der Waals surface area contributed by atoms with E-state index in [9.17, 15) is 19.2 Å². The number of amides is 4. The maximum absolute atomic E-state index is 12.6. The summed E-state index contributed by atoms with van der Waals surface area (Å²) in [5, 5.41) is 4.40. The fourth-order valence-corrected chi connectivity index (χ4v) is 5.40. The number of hydrogen-bond donors (Lipinski definition) is 1. The third kappa shape index (κ3) is 5.54. The Hall–Kier alpha value is -2.91. The smallest absolute Gasteiger partial charge is 0.293 e. The van der Waals surface area contributed by atoms with Crippen molar-refractivity contribution in [1.29, 1.82) is 0 Å². The molecule has 0 aliphatic carbocycles. The van der Waals surface area contributed by atoms with E-state index in [4.69, 9.17) is 0 Å². The second-order valence-corrected chi connectivity index (χ2v) is 10.0. The molecule has 33 heavy (non-hydrogen) atoms. The van der Waals surface area contributed by atoms with E-state index in [1.54, 1.807) is 11.0 Å². The number of nitrogens with zero attached hydrogens (tertiary/aromatic N) is 2. The predicted octanol–water partition coefficient (Wildman–Crippen LogP) is 3.76. The van der Waals surface area contributed by atoms with Crippen molar-refractivity contribution in [2.75, 3.05) is 26.2 Å². The van der Waals surface area contributed by atoms with Gasteiger partial charge in [0.2, 0.25) is 5.91 Å². The van der Waals surface area contributed by atoms with Gasteiger partial charge in [0.1, 0.15) is 0 Å². The number of nitrogens with one attached hydrogen (secondary N) is 1. The zero-order valence-corrected chi connectivity index (χ0v) is 19.9. The molecule has 0 bridgehead atoms. The minimum absolute atomic E-state index is 0.0157. The van der Waals surface area contributed by atoms with Gasteiger partial charge in [-0.3, -0.25) is 24.1 Å². The molecular formula is C24H25N3O4S2. The molecule has 0 unspecified atom stereocenters. The second-order valence-electron chi connectivity index (χ2n) is 8.08. The van der Waals surface area contributed by atoms with E-state index < -0.39 is 0 Å². The number of piperidine rings is 1. The van der Waals surface area contributed by atoms with E-state index in [2.05, 4.69) is 5.32 Å². The van der Waals surface area contributed by atoms with E-state index in [0.29, 0.717) is 35.7 Å². The van der Waals surface area contributed by atoms with Crippen LogP contribution < -0.4 is 5.32 Å². The van der Waals surface area contributed by atoms with Crippen LogP contribution in [-0.4, -0.2) is 58.9 Å². The number of rotatable bonds is 6. The molecule has 2 saturated heterocycles. The number of thiophene rings is 1. The number of likely N-dealkylation sites (tertiary alicyclic amines) is 1. The Morgan fingerprint density at radius 3 is 2.52 bits per heavy atom. The zero-order chi connectivity index (χ0) is 23.4. The van der Waals surface area contributed by atoms with Crippen molar-refractivity contribution >= 4 is 52.1 Å². The highest BCUT2D eigenvalue weighted by atomic mass is 32.2. The summed E-state index contributed by atoms with van der Waals surface area (Å²) in [4.78, 5) is 54.0. The molecule has 3 heterocycles. The standard InChI is InChI=1S/C24H25N3O4S2/c1-16-4-6-17(7-5-16)15-20-23(30)27(24(31)33-20)13-10-25-21(28)18-8-11-26(12-9-18)22(29)19-3-2-14-32-19/h2-7,14-15,18H,8-13H2,1H3,(H,25,28)/b20-15-. The number of aryl methyl sites for hydroxylation is 1. The minimum atomic E-state index is -0.333. The van der Waals surface area contributed by atoms with Gasteiger partial charge in [0.25, 0.3) is 17.1 Å². The van der Waals surface area contributed by atoms with Crippen molar-refractivity contribution in [2.24, 2.45) is 5.92 Å². The van der Waals surface area contributed by atoms with Crippen molar-refractivity contribution in [3.05, 3.63) is 62.7 Å². The molecule has 172 valence electrons. The van der Waals surface area contributed by atoms with Crippen LogP contribution in [0.15, 0.2) is 46.7 Å². The average molecular weight is 484 g/mol. The topological polar surface area (TPSA) is 86.8 Å². The van der Waals surface area contributed by atoms with Gasteiger partial charge in [0, 0.05) is 32.1 Å². The third-order valence-corrected chi connectivity index (χ3v) is 7.53. The van der Waals surface area contributed by atoms with Crippen LogP contribution in [0, 0.1) is 12.8 Å². The molecule has 1 aromatic carbocycles. The van der Waals surface area contributed by atoms with Crippen LogP contribution >= 0.6 is 23.1 Å². The van der Waals surface area contributed by atoms with Gasteiger partial charge in [-0.1, -0.05) is 35.9 Å². The molecule has 9 heteroatoms. The van der Waals surface area contributed by atoms with Crippen LogP contribution in [0.1, 0.15) is 33.6 Å². The van der Waals surface area contributed by atoms with Crippen LogP contribution in [0.3, 0.4) is 0 Å². The summed E-state index contributed by atoms with van der Waals surface area (Å²) < 4.78 is 0. The highest BCUT2D eigenvalue weighted by Gasteiger charge is 2.35. The van der Waals surface area contributed by atoms with Crippen LogP contribution in [0.4, 0.5) is 4.79 Å². The van der Waals surface area contributed by atoms with Gasteiger partial charge in [-0.15, -0.1) is 11.3 Å². The van der Waals surface area contributed by atoms with Crippen LogP contribution in [0.5, 0.6) is 0 Å². The van der Waals surface area contributed by atoms with Crippen molar-refractivity contribution in [2.45, 2.75) is 19.8 Å². The maximum atomic E-state index is 12.6. The zero-order valence-electron chi connectivity index (χ0n) is 18.3. The van der Waals surface area contributed by atoms with Crippen LogP contribution in [0.2, 0.25) is 0 Å². The van der Waals surface area contributed by atoms with Crippen molar-refractivity contribution < 1.29 is 19.2 Å². The van der Waals surface area contributed by atoms with E-state index in [1.165, 1.54) is 16.2 Å². The van der Waals surface area contributed by atoms with Gasteiger partial charge in [-0.25, -0.2) is 0 Å². The Morgan fingerprint density at radius 2 is 1.85 bits per heavy atom. The number of benzene rings is 1. The van der Waals surface area contributed by atoms with Crippen molar-refractivity contribution in [3.8, 4) is 0 Å². The molecular weight excluding hydrogens is 458 g/mol. The van der Waals surface area contributed by atoms with Gasteiger partial charge in [-0.2, -0.15) is 0 Å². The summed E-state index contributed by atoms with van der Waals surface area (Å²) in [5.41, 5.74) is 1.99. The lowest BCUT2D eigenvalue weighted by molar-refractivity contribution is -0.127. The lowest BCUT2D eigenvalue weighted by Crippen LogP contribution is -2.44. The van der Waals surface area contributed by atoms with E-state index >= 15 is 0 Å². The Labute approximate surface area is 200 Å². The fraction of sp³-hybridized carbons (Fsp3) is 0.333. The van der Waals surface area contributed by atoms with Gasteiger partial charge < -0.3 is 10.2 Å². The first-order valence-electron chi connectivity index (χ1n) is 10.8. The molecule has 4 amide bonds. The van der Waals surface area contributed by atoms with Crippen molar-refractivity contribution in [3.63, 3.8) is 0 Å². The molecule has 7 nitrogen and oxygen atoms in total. The summed E-state index contributed by atoms with van der Waals surface area (Å²) in [6.45, 7) is 3.42. The Bertz CT molecular complexity index is 1070. The number of thioether (sulfide) groups is 1. The molecule has 0 saturated carbocycles. The molecule has 0 spiro atoms. The lowest BCUT2D eigenvalue weighted by atomic mass is 9.96. The fourth-order valence-electron chi connectivity index (χ4n) is 3.84. The third-order valence-electron chi connectivity index (χ3n) is 5.77. The second kappa shape index (κ2) is 10.4. The maximum Gasteiger partial charge on any atom is 0.293 e. The van der Waals surface area contributed by atoms with E-state index in [1.807, 2.05) is 48.7 Å². The van der Waals surface area contributed by atoms with Crippen LogP contribution in [-0.2, 0) is 9.59 Å². The molecule has 2 fully saturated rings. The Kier molecular flexibility index (Phi) is 7.29. The first-order valence-corrected chi connectivity index (χ1v) is 12.5. The summed E-state index contributed by atoms with van der Waals surface area (Å²) >= 11 is 2.34. The lowest BCUT2D eigenvalue weighted by Gasteiger charge is -2.31. The highest BCUT2D eigenvalue weighted by Crippen LogP contribution is 2.32. The van der Waals surface area contributed by atoms with Gasteiger partial charge >= 0.3 is 0 Å². The molecule has 4 rings (SSSR count). The first kappa shape index (κ1) is 23.3. The highest BCUT2D eigenvalue weighted by molar-refractivity contribution is 8.18. The number of carbonyl (C=O) groups is 4. The summed E-state index contributed by atoms with van der Waals surface area (Å²) in [6, 6.07) is 11.4. The van der Waals surface area contributed by atoms with Gasteiger partial charge in [-0.05, 0) is 54.6 Å². The quantitative estimate of drug-likeness (QED) is 0.632. The number of carbonyl (C=O) groups excluding carboxylic acids is 4. The molecule has 2 aliphatic heterocycles. The monoisotopic (exact) mass is 483 g/mol. The molecule has 2 aromatic rings. The SMILES string of the molecule is Cc1ccc(/C=C2\SC(=O)N(CCNC(=O)C3CCN(C(=O)c4cccs4)CC3)C2=O)cc1. The molecule has 2 aliphatic rings. The van der Waals surface area contributed by atoms with Crippen molar-refractivity contribution in [1.82, 2.24) is 15.1 Å². The summed E-state index contributed by atoms with van der Waals surface area (Å²) in [6.07, 6.45) is 2.92. The van der Waals surface area contributed by atoms with Gasteiger partial charge in [0.05, 0.1) is 9.78 Å². The minimum Gasteiger partial charge on any atom is -0.354 e. The largest absolute Gasteiger partial charge is 0.354 e. The number of imide groups is 1. The Balaban J connectivity index is 1.23. The van der Waals surface area contributed by atoms with E-state index in [-0.39, 0.29) is 42.0 Å². The molecule has 1 N–H and O–H groups in total. The first-order chi connectivity index (χ1) is 15.9. The predicted molar refractivity (Wildman–Crippen MR) is 130 cm³/mol. The average Bonchev–Trinajstić information content (AvgIpc) is 3.45. The number of hydrogen-bond acceptors (Lipinski definition) is 6.